The van der Waals surface area contributed by atoms with Crippen LogP contribution in [0.3, 0.4) is 0 Å². The third kappa shape index (κ3) is 7.76. The lowest BCUT2D eigenvalue weighted by molar-refractivity contribution is -0.153. The van der Waals surface area contributed by atoms with E-state index in [0.717, 1.165) is 0 Å². The zero-order chi connectivity index (χ0) is 17.3. The standard InChI is InChI=1S/C17H25NO5/c1-17(2,3)23-16(20)12-18(14-8-6-5-7-9-14)15(19)13-22-11-10-21-4/h5-9H,10-13H2,1-4H3. The number of hydrogen-bond acceptors (Lipinski definition) is 5. The van der Waals surface area contributed by atoms with E-state index in [9.17, 15) is 9.59 Å². The summed E-state index contributed by atoms with van der Waals surface area (Å²) in [4.78, 5) is 25.8. The van der Waals surface area contributed by atoms with E-state index in [0.29, 0.717) is 18.9 Å². The van der Waals surface area contributed by atoms with Crippen molar-refractivity contribution >= 4 is 17.6 Å². The number of amides is 1. The summed E-state index contributed by atoms with van der Waals surface area (Å²) < 4.78 is 15.4. The molecule has 0 saturated heterocycles. The lowest BCUT2D eigenvalue weighted by Gasteiger charge is -2.25. The van der Waals surface area contributed by atoms with Crippen LogP contribution in [0.1, 0.15) is 20.8 Å². The van der Waals surface area contributed by atoms with Crippen LogP contribution in [0.4, 0.5) is 5.69 Å². The Morgan fingerprint density at radius 3 is 2.30 bits per heavy atom. The van der Waals surface area contributed by atoms with E-state index in [4.69, 9.17) is 14.2 Å². The lowest BCUT2D eigenvalue weighted by Crippen LogP contribution is -2.40. The highest BCUT2D eigenvalue weighted by atomic mass is 16.6. The van der Waals surface area contributed by atoms with Crippen molar-refractivity contribution in [2.75, 3.05) is 38.4 Å². The molecule has 0 atom stereocenters. The number of carbonyl (C=O) groups excluding carboxylic acids is 2. The Bertz CT molecular complexity index is 495. The van der Waals surface area contributed by atoms with Gasteiger partial charge in [-0.1, -0.05) is 18.2 Å². The molecule has 0 aromatic heterocycles. The Kier molecular flexibility index (Phi) is 7.71. The number of rotatable bonds is 8. The first kappa shape index (κ1) is 19.1. The molecule has 0 heterocycles. The van der Waals surface area contributed by atoms with Crippen LogP contribution in [0.25, 0.3) is 0 Å². The number of anilines is 1. The SMILES string of the molecule is COCCOCC(=O)N(CC(=O)OC(C)(C)C)c1ccccc1. The minimum atomic E-state index is -0.600. The Balaban J connectivity index is 2.74. The maximum absolute atomic E-state index is 12.4. The molecule has 0 aliphatic heterocycles. The highest BCUT2D eigenvalue weighted by Gasteiger charge is 2.23. The number of ether oxygens (including phenoxy) is 3. The van der Waals surface area contributed by atoms with E-state index in [1.165, 1.54) is 4.90 Å². The van der Waals surface area contributed by atoms with Crippen LogP contribution in [0.15, 0.2) is 30.3 Å². The fraction of sp³-hybridized carbons (Fsp3) is 0.529. The number of nitrogens with zero attached hydrogens (tertiary/aromatic N) is 1. The van der Waals surface area contributed by atoms with Gasteiger partial charge in [0.05, 0.1) is 13.2 Å². The molecule has 0 aliphatic rings. The molecule has 6 heteroatoms. The van der Waals surface area contributed by atoms with Crippen molar-refractivity contribution in [1.82, 2.24) is 0 Å². The summed E-state index contributed by atoms with van der Waals surface area (Å²) in [5.41, 5.74) is 0.0240. The third-order valence-corrected chi connectivity index (χ3v) is 2.73. The Labute approximate surface area is 137 Å². The normalized spacial score (nSPS) is 11.1. The number of para-hydroxylation sites is 1. The summed E-state index contributed by atoms with van der Waals surface area (Å²) in [6.45, 7) is 5.80. The van der Waals surface area contributed by atoms with Crippen molar-refractivity contribution < 1.29 is 23.8 Å². The van der Waals surface area contributed by atoms with Gasteiger partial charge in [0.2, 0.25) is 0 Å². The zero-order valence-corrected chi connectivity index (χ0v) is 14.2. The van der Waals surface area contributed by atoms with Crippen LogP contribution >= 0.6 is 0 Å². The smallest absolute Gasteiger partial charge is 0.326 e. The highest BCUT2D eigenvalue weighted by Crippen LogP contribution is 2.15. The molecule has 128 valence electrons. The topological polar surface area (TPSA) is 65.1 Å². The molecule has 1 aromatic carbocycles. The summed E-state index contributed by atoms with van der Waals surface area (Å²) in [5, 5.41) is 0. The monoisotopic (exact) mass is 323 g/mol. The number of carbonyl (C=O) groups is 2. The van der Waals surface area contributed by atoms with Crippen LogP contribution in [0.2, 0.25) is 0 Å². The van der Waals surface area contributed by atoms with Gasteiger partial charge in [-0.3, -0.25) is 14.5 Å². The van der Waals surface area contributed by atoms with Crippen LogP contribution in [-0.4, -0.2) is 51.0 Å². The van der Waals surface area contributed by atoms with Crippen molar-refractivity contribution in [3.8, 4) is 0 Å². The van der Waals surface area contributed by atoms with Crippen molar-refractivity contribution in [1.29, 1.82) is 0 Å². The Hall–Kier alpha value is -1.92. The van der Waals surface area contributed by atoms with E-state index in [-0.39, 0.29) is 19.1 Å². The largest absolute Gasteiger partial charge is 0.459 e. The fourth-order valence-electron chi connectivity index (χ4n) is 1.81. The molecule has 0 N–H and O–H groups in total. The second-order valence-electron chi connectivity index (χ2n) is 5.95. The van der Waals surface area contributed by atoms with Crippen molar-refractivity contribution in [2.24, 2.45) is 0 Å². The maximum atomic E-state index is 12.4. The van der Waals surface area contributed by atoms with Gasteiger partial charge in [-0.2, -0.15) is 0 Å². The average Bonchev–Trinajstić information content (AvgIpc) is 2.48. The molecule has 0 aliphatic carbocycles. The van der Waals surface area contributed by atoms with Crippen LogP contribution in [0.5, 0.6) is 0 Å². The Morgan fingerprint density at radius 1 is 1.09 bits per heavy atom. The summed E-state index contributed by atoms with van der Waals surface area (Å²) >= 11 is 0. The van der Waals surface area contributed by atoms with Crippen molar-refractivity contribution in [2.45, 2.75) is 26.4 Å². The molecule has 1 aromatic rings. The van der Waals surface area contributed by atoms with Gasteiger partial charge >= 0.3 is 5.97 Å². The molecule has 0 unspecified atom stereocenters. The number of hydrogen-bond donors (Lipinski definition) is 0. The van der Waals surface area contributed by atoms with Gasteiger partial charge in [0, 0.05) is 12.8 Å². The summed E-state index contributed by atoms with van der Waals surface area (Å²) in [7, 11) is 1.56. The number of methoxy groups -OCH3 is 1. The molecule has 23 heavy (non-hydrogen) atoms. The van der Waals surface area contributed by atoms with Crippen LogP contribution < -0.4 is 4.90 Å². The van der Waals surface area contributed by atoms with E-state index in [2.05, 4.69) is 0 Å². The van der Waals surface area contributed by atoms with Gasteiger partial charge < -0.3 is 14.2 Å². The van der Waals surface area contributed by atoms with Crippen molar-refractivity contribution in [3.05, 3.63) is 30.3 Å². The molecule has 0 spiro atoms. The lowest BCUT2D eigenvalue weighted by atomic mass is 10.2. The van der Waals surface area contributed by atoms with Crippen LogP contribution in [0, 0.1) is 0 Å². The zero-order valence-electron chi connectivity index (χ0n) is 14.2. The van der Waals surface area contributed by atoms with Gasteiger partial charge in [0.15, 0.2) is 0 Å². The van der Waals surface area contributed by atoms with Gasteiger partial charge in [-0.15, -0.1) is 0 Å². The molecule has 1 amide bonds. The maximum Gasteiger partial charge on any atom is 0.326 e. The molecular weight excluding hydrogens is 298 g/mol. The summed E-state index contributed by atoms with van der Waals surface area (Å²) in [5.74, 6) is -0.773. The highest BCUT2D eigenvalue weighted by molar-refractivity contribution is 5.98. The quantitative estimate of drug-likeness (QED) is 0.541. The Morgan fingerprint density at radius 2 is 1.74 bits per heavy atom. The summed E-state index contributed by atoms with van der Waals surface area (Å²) in [6.07, 6.45) is 0. The molecule has 6 nitrogen and oxygen atoms in total. The van der Waals surface area contributed by atoms with Crippen LogP contribution in [-0.2, 0) is 23.8 Å². The third-order valence-electron chi connectivity index (χ3n) is 2.73. The van der Waals surface area contributed by atoms with E-state index < -0.39 is 11.6 Å². The molecule has 0 saturated carbocycles. The predicted molar refractivity (Wildman–Crippen MR) is 87.3 cm³/mol. The van der Waals surface area contributed by atoms with E-state index >= 15 is 0 Å². The van der Waals surface area contributed by atoms with Crippen molar-refractivity contribution in [3.63, 3.8) is 0 Å². The average molecular weight is 323 g/mol. The minimum absolute atomic E-state index is 0.124. The second kappa shape index (κ2) is 9.27. The number of benzene rings is 1. The van der Waals surface area contributed by atoms with E-state index in [1.807, 2.05) is 6.07 Å². The van der Waals surface area contributed by atoms with Gasteiger partial charge in [0.25, 0.3) is 5.91 Å². The summed E-state index contributed by atoms with van der Waals surface area (Å²) in [6, 6.07) is 8.97. The minimum Gasteiger partial charge on any atom is -0.459 e. The molecule has 1 rings (SSSR count). The first-order chi connectivity index (χ1) is 10.8. The molecule has 0 bridgehead atoms. The molecule has 0 radical (unpaired) electrons. The predicted octanol–water partition coefficient (Wildman–Crippen LogP) is 2.02. The molecule has 0 fully saturated rings. The fourth-order valence-corrected chi connectivity index (χ4v) is 1.81. The van der Waals surface area contributed by atoms with Gasteiger partial charge in [-0.25, -0.2) is 0 Å². The first-order valence-corrected chi connectivity index (χ1v) is 7.47. The van der Waals surface area contributed by atoms with Gasteiger partial charge in [0.1, 0.15) is 18.8 Å². The number of esters is 1. The van der Waals surface area contributed by atoms with E-state index in [1.54, 1.807) is 52.1 Å². The first-order valence-electron chi connectivity index (χ1n) is 7.47. The van der Waals surface area contributed by atoms with Gasteiger partial charge in [-0.05, 0) is 32.9 Å². The molecular formula is C17H25NO5. The second-order valence-corrected chi connectivity index (χ2v) is 5.95.